The summed E-state index contributed by atoms with van der Waals surface area (Å²) in [6, 6.07) is 7.77. The van der Waals surface area contributed by atoms with Crippen molar-refractivity contribution in [3.05, 3.63) is 42.1 Å². The van der Waals surface area contributed by atoms with E-state index in [1.807, 2.05) is 0 Å². The number of aromatic nitrogens is 3. The number of nitrogens with zero attached hydrogens (tertiary/aromatic N) is 4. The minimum Gasteiger partial charge on any atom is -0.371 e. The first kappa shape index (κ1) is 24.0. The molecule has 0 bridgehead atoms. The van der Waals surface area contributed by atoms with E-state index >= 15 is 0 Å². The smallest absolute Gasteiger partial charge is 0.258 e. The van der Waals surface area contributed by atoms with Gasteiger partial charge in [0.25, 0.3) is 11.8 Å². The lowest BCUT2D eigenvalue weighted by atomic mass is 9.88. The number of nitrogens with one attached hydrogen (secondary N) is 1. The molecule has 0 radical (unpaired) electrons. The van der Waals surface area contributed by atoms with Crippen molar-refractivity contribution in [2.75, 3.05) is 23.3 Å². The lowest BCUT2D eigenvalue weighted by Crippen LogP contribution is -2.37. The third-order valence-electron chi connectivity index (χ3n) is 8.73. The lowest BCUT2D eigenvalue weighted by molar-refractivity contribution is -0.106. The van der Waals surface area contributed by atoms with Crippen LogP contribution in [0.4, 0.5) is 20.3 Å². The highest BCUT2D eigenvalue weighted by Crippen LogP contribution is 2.54. The molecule has 2 aromatic heterocycles. The van der Waals surface area contributed by atoms with Gasteiger partial charge in [-0.15, -0.1) is 0 Å². The molecule has 1 spiro atoms. The monoisotopic (exact) mass is 541 g/mol. The summed E-state index contributed by atoms with van der Waals surface area (Å²) < 4.78 is 54.4. The molecule has 11 heteroatoms. The number of amides is 1. The van der Waals surface area contributed by atoms with Crippen LogP contribution in [-0.4, -0.2) is 53.4 Å². The molecule has 1 aliphatic heterocycles. The van der Waals surface area contributed by atoms with Gasteiger partial charge in [-0.25, -0.2) is 26.9 Å². The molecule has 4 aliphatic rings. The average molecular weight is 542 g/mol. The molecule has 4 fully saturated rings. The topological polar surface area (TPSA) is 97.2 Å². The SMILES string of the molecule is O=C(Nc1ccc2cnn(C3CC(F)(F)C3)c2n1)c1ccc(S(=O)(=O)C2CC2)cc1N1CCC2(CC1)CC2. The highest BCUT2D eigenvalue weighted by atomic mass is 32.2. The quantitative estimate of drug-likeness (QED) is 0.473. The molecule has 0 atom stereocenters. The zero-order valence-electron chi connectivity index (χ0n) is 20.9. The molecule has 3 aromatic rings. The fourth-order valence-corrected chi connectivity index (χ4v) is 7.53. The van der Waals surface area contributed by atoms with Crippen molar-refractivity contribution in [2.24, 2.45) is 5.41 Å². The highest BCUT2D eigenvalue weighted by molar-refractivity contribution is 7.92. The predicted molar refractivity (Wildman–Crippen MR) is 138 cm³/mol. The first-order valence-corrected chi connectivity index (χ1v) is 14.8. The van der Waals surface area contributed by atoms with Gasteiger partial charge in [-0.1, -0.05) is 0 Å². The number of alkyl halides is 2. The summed E-state index contributed by atoms with van der Waals surface area (Å²) in [5.41, 5.74) is 1.90. The number of piperidine rings is 1. The second kappa shape index (κ2) is 8.21. The molecule has 1 saturated heterocycles. The number of pyridine rings is 1. The van der Waals surface area contributed by atoms with Crippen LogP contribution in [0.1, 0.15) is 67.8 Å². The zero-order valence-corrected chi connectivity index (χ0v) is 21.7. The summed E-state index contributed by atoms with van der Waals surface area (Å²) in [7, 11) is -3.41. The van der Waals surface area contributed by atoms with Gasteiger partial charge in [-0.05, 0) is 74.3 Å². The van der Waals surface area contributed by atoms with E-state index in [1.54, 1.807) is 30.5 Å². The van der Waals surface area contributed by atoms with Crippen LogP contribution in [0.25, 0.3) is 11.0 Å². The van der Waals surface area contributed by atoms with E-state index in [4.69, 9.17) is 0 Å². The number of rotatable bonds is 6. The number of anilines is 2. The minimum absolute atomic E-state index is 0.263. The van der Waals surface area contributed by atoms with Crippen LogP contribution < -0.4 is 10.2 Å². The average Bonchev–Trinajstić information content (AvgIpc) is 3.81. The van der Waals surface area contributed by atoms with Crippen molar-refractivity contribution >= 4 is 38.3 Å². The molecule has 1 amide bonds. The van der Waals surface area contributed by atoms with Crippen molar-refractivity contribution < 1.29 is 22.0 Å². The predicted octanol–water partition coefficient (Wildman–Crippen LogP) is 4.97. The lowest BCUT2D eigenvalue weighted by Gasteiger charge is -2.35. The van der Waals surface area contributed by atoms with Crippen molar-refractivity contribution in [1.82, 2.24) is 14.8 Å². The first-order valence-electron chi connectivity index (χ1n) is 13.3. The van der Waals surface area contributed by atoms with Gasteiger partial charge in [0.1, 0.15) is 5.82 Å². The molecule has 1 N–H and O–H groups in total. The number of hydrogen-bond acceptors (Lipinski definition) is 6. The summed E-state index contributed by atoms with van der Waals surface area (Å²) in [5.74, 6) is -2.79. The van der Waals surface area contributed by atoms with Crippen LogP contribution in [-0.2, 0) is 9.84 Å². The zero-order chi connectivity index (χ0) is 26.3. The molecular weight excluding hydrogens is 512 g/mol. The first-order chi connectivity index (χ1) is 18.1. The van der Waals surface area contributed by atoms with Gasteiger partial charge in [0.15, 0.2) is 15.5 Å². The van der Waals surface area contributed by atoms with E-state index in [0.717, 1.165) is 25.9 Å². The highest BCUT2D eigenvalue weighted by Gasteiger charge is 2.47. The van der Waals surface area contributed by atoms with E-state index in [1.165, 1.54) is 23.6 Å². The molecule has 200 valence electrons. The minimum atomic E-state index is -3.41. The Hall–Kier alpha value is -3.08. The van der Waals surface area contributed by atoms with E-state index in [2.05, 4.69) is 20.3 Å². The van der Waals surface area contributed by atoms with E-state index in [9.17, 15) is 22.0 Å². The van der Waals surface area contributed by atoms with Crippen LogP contribution >= 0.6 is 0 Å². The largest absolute Gasteiger partial charge is 0.371 e. The number of fused-ring (bicyclic) bond motifs is 1. The third-order valence-corrected chi connectivity index (χ3v) is 11.0. The molecule has 7 rings (SSSR count). The van der Waals surface area contributed by atoms with Crippen molar-refractivity contribution in [3.8, 4) is 0 Å². The van der Waals surface area contributed by atoms with Crippen LogP contribution in [0.15, 0.2) is 41.4 Å². The molecule has 38 heavy (non-hydrogen) atoms. The number of sulfone groups is 1. The van der Waals surface area contributed by atoms with Crippen LogP contribution in [0.2, 0.25) is 0 Å². The fraction of sp³-hybridized carbons (Fsp3) is 0.519. The van der Waals surface area contributed by atoms with Crippen LogP contribution in [0.3, 0.4) is 0 Å². The molecule has 3 saturated carbocycles. The maximum absolute atomic E-state index is 13.5. The van der Waals surface area contributed by atoms with Crippen LogP contribution in [0.5, 0.6) is 0 Å². The Morgan fingerprint density at radius 3 is 2.42 bits per heavy atom. The summed E-state index contributed by atoms with van der Waals surface area (Å²) in [4.78, 5) is 20.4. The van der Waals surface area contributed by atoms with Gasteiger partial charge < -0.3 is 10.2 Å². The number of benzene rings is 1. The van der Waals surface area contributed by atoms with E-state index in [0.29, 0.717) is 40.5 Å². The second-order valence-electron chi connectivity index (χ2n) is 11.5. The maximum Gasteiger partial charge on any atom is 0.258 e. The third kappa shape index (κ3) is 4.15. The van der Waals surface area contributed by atoms with Crippen molar-refractivity contribution in [3.63, 3.8) is 0 Å². The van der Waals surface area contributed by atoms with Gasteiger partial charge >= 0.3 is 0 Å². The normalized spacial score (nSPS) is 22.4. The standard InChI is InChI=1S/C27H29F2N5O3S/c28-27(29)14-18(15-27)34-24-17(16-30-34)1-6-23(31-24)32-25(35)21-5-4-20(38(36,37)19-2-3-19)13-22(21)33-11-9-26(7-8-26)10-12-33/h1,4-6,13,16,18-19H,2-3,7-12,14-15H2,(H,31,32,35). The Morgan fingerprint density at radius 2 is 1.76 bits per heavy atom. The number of carbonyl (C=O) groups excluding carboxylic acids is 1. The van der Waals surface area contributed by atoms with Crippen molar-refractivity contribution in [1.29, 1.82) is 0 Å². The Balaban J connectivity index is 1.18. The van der Waals surface area contributed by atoms with Crippen LogP contribution in [0, 0.1) is 5.41 Å². The molecule has 3 heterocycles. The van der Waals surface area contributed by atoms with Gasteiger partial charge in [0.2, 0.25) is 0 Å². The molecule has 3 aliphatic carbocycles. The number of hydrogen-bond donors (Lipinski definition) is 1. The molecule has 1 aromatic carbocycles. The van der Waals surface area contributed by atoms with E-state index in [-0.39, 0.29) is 28.8 Å². The second-order valence-corrected chi connectivity index (χ2v) is 13.7. The van der Waals surface area contributed by atoms with Gasteiger partial charge in [-0.3, -0.25) is 4.79 Å². The summed E-state index contributed by atoms with van der Waals surface area (Å²) in [6.45, 7) is 1.56. The van der Waals surface area contributed by atoms with Gasteiger partial charge in [0.05, 0.1) is 33.6 Å². The van der Waals surface area contributed by atoms with Crippen molar-refractivity contribution in [2.45, 2.75) is 73.5 Å². The van der Waals surface area contributed by atoms with E-state index < -0.39 is 27.7 Å². The summed E-state index contributed by atoms with van der Waals surface area (Å²) >= 11 is 0. The Labute approximate surface area is 219 Å². The van der Waals surface area contributed by atoms with Gasteiger partial charge in [0, 0.05) is 31.3 Å². The fourth-order valence-electron chi connectivity index (χ4n) is 5.86. The number of carbonyl (C=O) groups is 1. The Morgan fingerprint density at radius 1 is 1.03 bits per heavy atom. The van der Waals surface area contributed by atoms with Gasteiger partial charge in [-0.2, -0.15) is 5.10 Å². The Kier molecular flexibility index (Phi) is 5.18. The molecular formula is C27H29F2N5O3S. The summed E-state index contributed by atoms with van der Waals surface area (Å²) in [6.07, 6.45) is 6.94. The maximum atomic E-state index is 13.5. The Bertz CT molecular complexity index is 1540. The summed E-state index contributed by atoms with van der Waals surface area (Å²) in [5, 5.41) is 7.47. The number of halogens is 2. The molecule has 0 unspecified atom stereocenters. The molecule has 8 nitrogen and oxygen atoms in total.